The number of hydrogen-bond donors (Lipinski definition) is 0. The molecule has 0 radical (unpaired) electrons. The summed E-state index contributed by atoms with van der Waals surface area (Å²) in [6.07, 6.45) is 1.10. The predicted octanol–water partition coefficient (Wildman–Crippen LogP) is 4.52. The molecule has 2 heteroatoms. The van der Waals surface area contributed by atoms with Crippen molar-refractivity contribution in [3.63, 3.8) is 0 Å². The summed E-state index contributed by atoms with van der Waals surface area (Å²) in [7, 11) is 0. The minimum atomic E-state index is -0.185. The maximum Gasteiger partial charge on any atom is 0.311 e. The third-order valence-corrected chi connectivity index (χ3v) is 3.38. The van der Waals surface area contributed by atoms with Crippen molar-refractivity contribution < 1.29 is 9.53 Å². The second-order valence-corrected chi connectivity index (χ2v) is 6.21. The first-order chi connectivity index (χ1) is 9.97. The Kier molecular flexibility index (Phi) is 4.79. The van der Waals surface area contributed by atoms with Gasteiger partial charge in [-0.3, -0.25) is 4.79 Å². The van der Waals surface area contributed by atoms with E-state index in [1.807, 2.05) is 54.6 Å². The van der Waals surface area contributed by atoms with Gasteiger partial charge >= 0.3 is 5.97 Å². The monoisotopic (exact) mass is 282 g/mol. The van der Waals surface area contributed by atoms with Crippen LogP contribution in [0.3, 0.4) is 0 Å². The van der Waals surface area contributed by atoms with Gasteiger partial charge in [-0.2, -0.15) is 0 Å². The summed E-state index contributed by atoms with van der Waals surface area (Å²) >= 11 is 0. The van der Waals surface area contributed by atoms with Gasteiger partial charge in [-0.25, -0.2) is 0 Å². The summed E-state index contributed by atoms with van der Waals surface area (Å²) < 4.78 is 5.55. The molecule has 2 aromatic carbocycles. The summed E-state index contributed by atoms with van der Waals surface area (Å²) in [5.74, 6) is 0.485. The topological polar surface area (TPSA) is 26.3 Å². The van der Waals surface area contributed by atoms with Gasteiger partial charge < -0.3 is 4.74 Å². The maximum atomic E-state index is 12.0. The SMILES string of the molecule is CC(C)(C)c1ccccc1OC(=O)CCc1ccccc1. The van der Waals surface area contributed by atoms with Crippen molar-refractivity contribution in [3.05, 3.63) is 65.7 Å². The van der Waals surface area contributed by atoms with Gasteiger partial charge in [-0.05, 0) is 23.5 Å². The molecule has 0 aliphatic carbocycles. The molecule has 0 aliphatic rings. The molecule has 0 aromatic heterocycles. The third kappa shape index (κ3) is 4.45. The lowest BCUT2D eigenvalue weighted by Crippen LogP contribution is -2.16. The number of carbonyl (C=O) groups is 1. The van der Waals surface area contributed by atoms with E-state index in [2.05, 4.69) is 20.8 Å². The number of hydrogen-bond acceptors (Lipinski definition) is 2. The number of para-hydroxylation sites is 1. The highest BCUT2D eigenvalue weighted by Gasteiger charge is 2.19. The zero-order valence-corrected chi connectivity index (χ0v) is 12.9. The molecule has 0 bridgehead atoms. The molecule has 0 heterocycles. The lowest BCUT2D eigenvalue weighted by molar-refractivity contribution is -0.134. The van der Waals surface area contributed by atoms with E-state index in [1.165, 1.54) is 0 Å². The van der Waals surface area contributed by atoms with Gasteiger partial charge in [0.2, 0.25) is 0 Å². The number of aryl methyl sites for hydroxylation is 1. The van der Waals surface area contributed by atoms with Crippen LogP contribution in [-0.2, 0) is 16.6 Å². The molecule has 110 valence electrons. The van der Waals surface area contributed by atoms with Gasteiger partial charge in [0.1, 0.15) is 5.75 Å². The summed E-state index contributed by atoms with van der Waals surface area (Å²) in [6.45, 7) is 6.34. The molecule has 21 heavy (non-hydrogen) atoms. The molecule has 0 saturated carbocycles. The molecule has 0 fully saturated rings. The van der Waals surface area contributed by atoms with E-state index in [1.54, 1.807) is 0 Å². The Labute approximate surface area is 126 Å². The standard InChI is InChI=1S/C19H22O2/c1-19(2,3)16-11-7-8-12-17(16)21-18(20)14-13-15-9-5-4-6-10-15/h4-12H,13-14H2,1-3H3. The minimum absolute atomic E-state index is 0.0453. The fourth-order valence-electron chi connectivity index (χ4n) is 2.24. The van der Waals surface area contributed by atoms with Crippen molar-refractivity contribution in [2.75, 3.05) is 0 Å². The van der Waals surface area contributed by atoms with Gasteiger partial charge in [-0.15, -0.1) is 0 Å². The zero-order chi connectivity index (χ0) is 15.3. The summed E-state index contributed by atoms with van der Waals surface area (Å²) in [4.78, 5) is 12.0. The first-order valence-electron chi connectivity index (χ1n) is 7.31. The lowest BCUT2D eigenvalue weighted by Gasteiger charge is -2.22. The van der Waals surface area contributed by atoms with Crippen molar-refractivity contribution in [2.45, 2.75) is 39.0 Å². The van der Waals surface area contributed by atoms with Crippen molar-refractivity contribution >= 4 is 5.97 Å². The van der Waals surface area contributed by atoms with E-state index in [0.29, 0.717) is 18.6 Å². The Morgan fingerprint density at radius 1 is 0.952 bits per heavy atom. The fraction of sp³-hybridized carbons (Fsp3) is 0.316. The lowest BCUT2D eigenvalue weighted by atomic mass is 9.86. The van der Waals surface area contributed by atoms with Gasteiger partial charge in [0, 0.05) is 12.0 Å². The van der Waals surface area contributed by atoms with Crippen LogP contribution in [0, 0.1) is 0 Å². The van der Waals surface area contributed by atoms with Crippen LogP contribution in [0.1, 0.15) is 38.3 Å². The summed E-state index contributed by atoms with van der Waals surface area (Å²) in [5.41, 5.74) is 2.16. The van der Waals surface area contributed by atoms with Crippen LogP contribution in [0.5, 0.6) is 5.75 Å². The largest absolute Gasteiger partial charge is 0.426 e. The normalized spacial score (nSPS) is 11.2. The van der Waals surface area contributed by atoms with Crippen LogP contribution in [0.2, 0.25) is 0 Å². The number of rotatable bonds is 4. The predicted molar refractivity (Wildman–Crippen MR) is 85.5 cm³/mol. The average molecular weight is 282 g/mol. The molecule has 2 aromatic rings. The van der Waals surface area contributed by atoms with Crippen LogP contribution in [0.25, 0.3) is 0 Å². The van der Waals surface area contributed by atoms with E-state index in [4.69, 9.17) is 4.74 Å². The number of esters is 1. The second kappa shape index (κ2) is 6.57. The Balaban J connectivity index is 2.00. The van der Waals surface area contributed by atoms with E-state index in [0.717, 1.165) is 11.1 Å². The third-order valence-electron chi connectivity index (χ3n) is 3.38. The van der Waals surface area contributed by atoms with E-state index in [9.17, 15) is 4.79 Å². The molecule has 0 aliphatic heterocycles. The van der Waals surface area contributed by atoms with Crippen molar-refractivity contribution in [1.82, 2.24) is 0 Å². The molecular weight excluding hydrogens is 260 g/mol. The smallest absolute Gasteiger partial charge is 0.311 e. The summed E-state index contributed by atoms with van der Waals surface area (Å²) in [6, 6.07) is 17.7. The molecule has 0 saturated heterocycles. The number of benzene rings is 2. The second-order valence-electron chi connectivity index (χ2n) is 6.21. The maximum absolute atomic E-state index is 12.0. The van der Waals surface area contributed by atoms with Crippen LogP contribution in [0.4, 0.5) is 0 Å². The van der Waals surface area contributed by atoms with Crippen molar-refractivity contribution in [2.24, 2.45) is 0 Å². The minimum Gasteiger partial charge on any atom is -0.426 e. The number of carbonyl (C=O) groups excluding carboxylic acids is 1. The molecular formula is C19H22O2. The highest BCUT2D eigenvalue weighted by atomic mass is 16.5. The van der Waals surface area contributed by atoms with E-state index < -0.39 is 0 Å². The Bertz CT molecular complexity index is 594. The van der Waals surface area contributed by atoms with Crippen molar-refractivity contribution in [3.8, 4) is 5.75 Å². The average Bonchev–Trinajstić information content (AvgIpc) is 2.46. The van der Waals surface area contributed by atoms with Crippen molar-refractivity contribution in [1.29, 1.82) is 0 Å². The van der Waals surface area contributed by atoms with Crippen LogP contribution >= 0.6 is 0 Å². The molecule has 2 rings (SSSR count). The molecule has 0 amide bonds. The quantitative estimate of drug-likeness (QED) is 0.608. The van der Waals surface area contributed by atoms with Crippen LogP contribution < -0.4 is 4.74 Å². The Morgan fingerprint density at radius 3 is 2.24 bits per heavy atom. The van der Waals surface area contributed by atoms with E-state index in [-0.39, 0.29) is 11.4 Å². The molecule has 0 atom stereocenters. The zero-order valence-electron chi connectivity index (χ0n) is 12.9. The molecule has 0 spiro atoms. The van der Waals surface area contributed by atoms with Crippen LogP contribution in [-0.4, -0.2) is 5.97 Å². The van der Waals surface area contributed by atoms with Crippen LogP contribution in [0.15, 0.2) is 54.6 Å². The van der Waals surface area contributed by atoms with Gasteiger partial charge in [0.15, 0.2) is 0 Å². The highest BCUT2D eigenvalue weighted by molar-refractivity contribution is 5.73. The molecule has 2 nitrogen and oxygen atoms in total. The molecule has 0 N–H and O–H groups in total. The van der Waals surface area contributed by atoms with Gasteiger partial charge in [-0.1, -0.05) is 69.3 Å². The Hall–Kier alpha value is -2.09. The first kappa shape index (κ1) is 15.3. The fourth-order valence-corrected chi connectivity index (χ4v) is 2.24. The van der Waals surface area contributed by atoms with Gasteiger partial charge in [0.25, 0.3) is 0 Å². The number of ether oxygens (including phenoxy) is 1. The first-order valence-corrected chi connectivity index (χ1v) is 7.31. The Morgan fingerprint density at radius 2 is 1.57 bits per heavy atom. The molecule has 0 unspecified atom stereocenters. The summed E-state index contributed by atoms with van der Waals surface area (Å²) in [5, 5.41) is 0. The van der Waals surface area contributed by atoms with Gasteiger partial charge in [0.05, 0.1) is 0 Å². The van der Waals surface area contributed by atoms with E-state index >= 15 is 0 Å². The highest BCUT2D eigenvalue weighted by Crippen LogP contribution is 2.31.